The Hall–Kier alpha value is -1.96. The minimum Gasteiger partial charge on any atom is -0.396 e. The molecule has 108 valence electrons. The average molecular weight is 289 g/mol. The lowest BCUT2D eigenvalue weighted by molar-refractivity contribution is -0.144. The van der Waals surface area contributed by atoms with E-state index in [0.29, 0.717) is 6.42 Å². The fourth-order valence-corrected chi connectivity index (χ4v) is 1.66. The summed E-state index contributed by atoms with van der Waals surface area (Å²) in [5.74, 6) is -2.35. The highest BCUT2D eigenvalue weighted by Gasteiger charge is 2.35. The third-order valence-electron chi connectivity index (χ3n) is 2.56. The average Bonchev–Trinajstić information content (AvgIpc) is 2.38. The quantitative estimate of drug-likeness (QED) is 0.671. The van der Waals surface area contributed by atoms with Crippen LogP contribution in [0, 0.1) is 5.82 Å². The summed E-state index contributed by atoms with van der Waals surface area (Å²) in [5.41, 5.74) is -0.388. The molecule has 2 N–H and O–H groups in total. The number of aromatic nitrogens is 2. The number of halogens is 4. The first-order valence-electron chi connectivity index (χ1n) is 5.81. The molecule has 1 heterocycles. The number of para-hydroxylation sites is 1. The third kappa shape index (κ3) is 2.96. The fraction of sp³-hybridized carbons (Fsp3) is 0.333. The lowest BCUT2D eigenvalue weighted by Crippen LogP contribution is -2.15. The van der Waals surface area contributed by atoms with Crippen molar-refractivity contribution in [2.24, 2.45) is 0 Å². The van der Waals surface area contributed by atoms with E-state index in [1.807, 2.05) is 0 Å². The summed E-state index contributed by atoms with van der Waals surface area (Å²) in [6, 6.07) is 3.83. The molecular weight excluding hydrogens is 278 g/mol. The summed E-state index contributed by atoms with van der Waals surface area (Å²) in [4.78, 5) is 6.62. The summed E-state index contributed by atoms with van der Waals surface area (Å²) < 4.78 is 51.7. The van der Waals surface area contributed by atoms with Crippen LogP contribution in [0.4, 0.5) is 23.4 Å². The van der Waals surface area contributed by atoms with E-state index in [4.69, 9.17) is 5.11 Å². The normalized spacial score (nSPS) is 11.8. The van der Waals surface area contributed by atoms with Gasteiger partial charge in [-0.1, -0.05) is 6.07 Å². The maximum absolute atomic E-state index is 13.6. The molecule has 0 spiro atoms. The van der Waals surface area contributed by atoms with Crippen LogP contribution in [0.3, 0.4) is 0 Å². The summed E-state index contributed by atoms with van der Waals surface area (Å²) in [5, 5.41) is 11.5. The molecule has 1 aromatic heterocycles. The number of aliphatic hydroxyl groups is 1. The second-order valence-corrected chi connectivity index (χ2v) is 4.03. The van der Waals surface area contributed by atoms with Gasteiger partial charge in [0.2, 0.25) is 5.82 Å². The lowest BCUT2D eigenvalue weighted by atomic mass is 10.2. The van der Waals surface area contributed by atoms with Crippen LogP contribution in [-0.2, 0) is 6.18 Å². The minimum absolute atomic E-state index is 0.102. The molecule has 0 radical (unpaired) electrons. The van der Waals surface area contributed by atoms with Crippen molar-refractivity contribution >= 4 is 16.7 Å². The van der Waals surface area contributed by atoms with Gasteiger partial charge in [0.05, 0.1) is 0 Å². The fourth-order valence-electron chi connectivity index (χ4n) is 1.66. The molecule has 4 nitrogen and oxygen atoms in total. The standard InChI is InChI=1S/C12H11F4N3O/c13-8-4-1-3-7-9(8)18-11(12(14,15)16)19-10(7)17-5-2-6-20/h1,3-4,20H,2,5-6H2,(H,17,18,19). The number of nitrogens with zero attached hydrogens (tertiary/aromatic N) is 2. The van der Waals surface area contributed by atoms with E-state index in [0.717, 1.165) is 6.07 Å². The number of hydrogen-bond donors (Lipinski definition) is 2. The van der Waals surface area contributed by atoms with Crippen molar-refractivity contribution in [2.75, 3.05) is 18.5 Å². The van der Waals surface area contributed by atoms with E-state index in [1.165, 1.54) is 12.1 Å². The molecule has 8 heteroatoms. The Kier molecular flexibility index (Phi) is 4.03. The largest absolute Gasteiger partial charge is 0.451 e. The van der Waals surface area contributed by atoms with Crippen LogP contribution in [0.25, 0.3) is 10.9 Å². The molecule has 0 unspecified atom stereocenters. The molecule has 0 aliphatic heterocycles. The molecule has 0 amide bonds. The maximum Gasteiger partial charge on any atom is 0.451 e. The van der Waals surface area contributed by atoms with Gasteiger partial charge >= 0.3 is 6.18 Å². The molecule has 0 atom stereocenters. The topological polar surface area (TPSA) is 58.0 Å². The minimum atomic E-state index is -4.76. The highest BCUT2D eigenvalue weighted by atomic mass is 19.4. The Bertz CT molecular complexity index is 615. The van der Waals surface area contributed by atoms with Crippen LogP contribution in [0.15, 0.2) is 18.2 Å². The van der Waals surface area contributed by atoms with Crippen LogP contribution in [0.1, 0.15) is 12.2 Å². The van der Waals surface area contributed by atoms with Crippen LogP contribution >= 0.6 is 0 Å². The smallest absolute Gasteiger partial charge is 0.396 e. The van der Waals surface area contributed by atoms with Gasteiger partial charge < -0.3 is 10.4 Å². The Morgan fingerprint density at radius 2 is 1.95 bits per heavy atom. The monoisotopic (exact) mass is 289 g/mol. The molecule has 0 aliphatic carbocycles. The first kappa shape index (κ1) is 14.4. The van der Waals surface area contributed by atoms with Crippen LogP contribution in [0.2, 0.25) is 0 Å². The molecule has 20 heavy (non-hydrogen) atoms. The predicted molar refractivity (Wildman–Crippen MR) is 64.7 cm³/mol. The zero-order valence-electron chi connectivity index (χ0n) is 10.2. The zero-order valence-corrected chi connectivity index (χ0v) is 10.2. The lowest BCUT2D eigenvalue weighted by Gasteiger charge is -2.12. The number of nitrogens with one attached hydrogen (secondary N) is 1. The molecule has 0 aliphatic rings. The van der Waals surface area contributed by atoms with Crippen molar-refractivity contribution in [1.82, 2.24) is 9.97 Å². The molecular formula is C12H11F4N3O. The van der Waals surface area contributed by atoms with E-state index in [2.05, 4.69) is 15.3 Å². The Morgan fingerprint density at radius 1 is 1.20 bits per heavy atom. The number of rotatable bonds is 4. The third-order valence-corrected chi connectivity index (χ3v) is 2.56. The van der Waals surface area contributed by atoms with Gasteiger partial charge in [0, 0.05) is 18.5 Å². The van der Waals surface area contributed by atoms with Crippen molar-refractivity contribution in [3.8, 4) is 0 Å². The van der Waals surface area contributed by atoms with Crippen molar-refractivity contribution in [3.05, 3.63) is 29.8 Å². The maximum atomic E-state index is 13.6. The first-order chi connectivity index (χ1) is 9.43. The van der Waals surface area contributed by atoms with E-state index in [-0.39, 0.29) is 29.9 Å². The first-order valence-corrected chi connectivity index (χ1v) is 5.81. The van der Waals surface area contributed by atoms with E-state index >= 15 is 0 Å². The Morgan fingerprint density at radius 3 is 2.60 bits per heavy atom. The van der Waals surface area contributed by atoms with Crippen LogP contribution < -0.4 is 5.32 Å². The van der Waals surface area contributed by atoms with Gasteiger partial charge in [-0.05, 0) is 18.6 Å². The number of anilines is 1. The molecule has 0 bridgehead atoms. The van der Waals surface area contributed by atoms with Gasteiger partial charge in [-0.15, -0.1) is 0 Å². The molecule has 0 saturated heterocycles. The molecule has 2 aromatic rings. The number of fused-ring (bicyclic) bond motifs is 1. The van der Waals surface area contributed by atoms with Gasteiger partial charge in [-0.2, -0.15) is 13.2 Å². The SMILES string of the molecule is OCCCNc1nc(C(F)(F)F)nc2c(F)cccc12. The van der Waals surface area contributed by atoms with Gasteiger partial charge in [0.15, 0.2) is 0 Å². The number of aliphatic hydroxyl groups excluding tert-OH is 1. The van der Waals surface area contributed by atoms with Gasteiger partial charge in [0.25, 0.3) is 0 Å². The number of benzene rings is 1. The summed E-state index contributed by atoms with van der Waals surface area (Å²) in [6.07, 6.45) is -4.42. The predicted octanol–water partition coefficient (Wildman–Crippen LogP) is 2.58. The highest BCUT2D eigenvalue weighted by Crippen LogP contribution is 2.31. The van der Waals surface area contributed by atoms with Crippen molar-refractivity contribution < 1.29 is 22.7 Å². The van der Waals surface area contributed by atoms with Gasteiger partial charge in [-0.3, -0.25) is 0 Å². The molecule has 0 fully saturated rings. The molecule has 1 aromatic carbocycles. The molecule has 2 rings (SSSR count). The Labute approximate surface area is 111 Å². The van der Waals surface area contributed by atoms with Crippen molar-refractivity contribution in [3.63, 3.8) is 0 Å². The highest BCUT2D eigenvalue weighted by molar-refractivity contribution is 5.89. The van der Waals surface area contributed by atoms with Crippen molar-refractivity contribution in [2.45, 2.75) is 12.6 Å². The summed E-state index contributed by atoms with van der Waals surface area (Å²) in [6.45, 7) is 0.104. The second-order valence-electron chi connectivity index (χ2n) is 4.03. The number of hydrogen-bond acceptors (Lipinski definition) is 4. The van der Waals surface area contributed by atoms with Crippen LogP contribution in [0.5, 0.6) is 0 Å². The van der Waals surface area contributed by atoms with Crippen molar-refractivity contribution in [1.29, 1.82) is 0 Å². The van der Waals surface area contributed by atoms with Gasteiger partial charge in [0.1, 0.15) is 17.2 Å². The van der Waals surface area contributed by atoms with Gasteiger partial charge in [-0.25, -0.2) is 14.4 Å². The zero-order chi connectivity index (χ0) is 14.8. The second kappa shape index (κ2) is 5.58. The molecule has 0 saturated carbocycles. The van der Waals surface area contributed by atoms with Crippen LogP contribution in [-0.4, -0.2) is 28.2 Å². The number of alkyl halides is 3. The van der Waals surface area contributed by atoms with E-state index in [1.54, 1.807) is 0 Å². The van der Waals surface area contributed by atoms with E-state index < -0.39 is 17.8 Å². The summed E-state index contributed by atoms with van der Waals surface area (Å²) >= 11 is 0. The van der Waals surface area contributed by atoms with E-state index in [9.17, 15) is 17.6 Å². The summed E-state index contributed by atoms with van der Waals surface area (Å²) in [7, 11) is 0. The Balaban J connectivity index is 2.55.